The van der Waals surface area contributed by atoms with Crippen LogP contribution in [0.2, 0.25) is 0 Å². The van der Waals surface area contributed by atoms with Gasteiger partial charge < -0.3 is 18.9 Å². The van der Waals surface area contributed by atoms with Gasteiger partial charge in [-0.1, -0.05) is 0 Å². The van der Waals surface area contributed by atoms with Crippen molar-refractivity contribution in [2.24, 2.45) is 0 Å². The summed E-state index contributed by atoms with van der Waals surface area (Å²) in [5, 5.41) is 0. The summed E-state index contributed by atoms with van der Waals surface area (Å²) in [6, 6.07) is 4.41. The lowest BCUT2D eigenvalue weighted by Crippen LogP contribution is -2.23. The molecule has 1 aromatic rings. The fraction of sp³-hybridized carbons (Fsp3) is 0.562. The first kappa shape index (κ1) is 16.7. The fourth-order valence-corrected chi connectivity index (χ4v) is 2.20. The van der Waals surface area contributed by atoms with E-state index in [2.05, 4.69) is 0 Å². The van der Waals surface area contributed by atoms with Crippen LogP contribution in [-0.2, 0) is 25.4 Å². The lowest BCUT2D eigenvalue weighted by Gasteiger charge is -2.11. The highest BCUT2D eigenvalue weighted by Crippen LogP contribution is 2.29. The van der Waals surface area contributed by atoms with Gasteiger partial charge in [0, 0.05) is 32.1 Å². The molecule has 0 bridgehead atoms. The molecule has 1 aromatic carbocycles. The third kappa shape index (κ3) is 5.27. The second kappa shape index (κ2) is 8.70. The summed E-state index contributed by atoms with van der Waals surface area (Å²) in [7, 11) is 1.61. The van der Waals surface area contributed by atoms with E-state index in [1.165, 1.54) is 12.1 Å². The number of ether oxygens (including phenoxy) is 4. The molecule has 0 saturated carbocycles. The van der Waals surface area contributed by atoms with E-state index in [-0.39, 0.29) is 24.5 Å². The number of fused-ring (bicyclic) bond motifs is 1. The lowest BCUT2D eigenvalue weighted by molar-refractivity contribution is -0.146. The maximum absolute atomic E-state index is 13.1. The highest BCUT2D eigenvalue weighted by molar-refractivity contribution is 5.69. The number of benzene rings is 1. The standard InChI is InChI=1S/C16H21FO5/c1-19-7-8-20-6-2-3-16(18)21-11-14-10-12-9-13(17)4-5-15(12)22-14/h4-5,9,14H,2-3,6-8,10-11H2,1H3/t14-/m1/s1. The van der Waals surface area contributed by atoms with Gasteiger partial charge in [-0.2, -0.15) is 0 Å². The zero-order chi connectivity index (χ0) is 15.8. The Morgan fingerprint density at radius 3 is 3.05 bits per heavy atom. The molecule has 0 amide bonds. The van der Waals surface area contributed by atoms with Gasteiger partial charge in [0.25, 0.3) is 0 Å². The second-order valence-electron chi connectivity index (χ2n) is 5.09. The molecular formula is C16H21FO5. The van der Waals surface area contributed by atoms with Gasteiger partial charge in [-0.15, -0.1) is 0 Å². The van der Waals surface area contributed by atoms with Crippen LogP contribution < -0.4 is 4.74 Å². The number of esters is 1. The highest BCUT2D eigenvalue weighted by Gasteiger charge is 2.24. The molecule has 0 aromatic heterocycles. The predicted molar refractivity (Wildman–Crippen MR) is 77.4 cm³/mol. The Morgan fingerprint density at radius 1 is 1.36 bits per heavy atom. The number of methoxy groups -OCH3 is 1. The molecule has 0 radical (unpaired) electrons. The van der Waals surface area contributed by atoms with E-state index in [1.54, 1.807) is 13.2 Å². The molecule has 1 atom stereocenters. The molecule has 0 saturated heterocycles. The topological polar surface area (TPSA) is 54.0 Å². The summed E-state index contributed by atoms with van der Waals surface area (Å²) >= 11 is 0. The molecular weight excluding hydrogens is 291 g/mol. The van der Waals surface area contributed by atoms with Crippen molar-refractivity contribution in [2.45, 2.75) is 25.4 Å². The van der Waals surface area contributed by atoms with Gasteiger partial charge in [-0.25, -0.2) is 4.39 Å². The third-order valence-electron chi connectivity index (χ3n) is 3.30. The van der Waals surface area contributed by atoms with E-state index in [9.17, 15) is 9.18 Å². The Morgan fingerprint density at radius 2 is 2.23 bits per heavy atom. The van der Waals surface area contributed by atoms with Crippen molar-refractivity contribution in [1.82, 2.24) is 0 Å². The van der Waals surface area contributed by atoms with Gasteiger partial charge in [0.1, 0.15) is 24.3 Å². The van der Waals surface area contributed by atoms with Crippen molar-refractivity contribution in [3.63, 3.8) is 0 Å². The van der Waals surface area contributed by atoms with Crippen LogP contribution in [0.25, 0.3) is 0 Å². The molecule has 1 aliphatic rings. The molecule has 0 aliphatic carbocycles. The summed E-state index contributed by atoms with van der Waals surface area (Å²) in [5.41, 5.74) is 0.813. The Hall–Kier alpha value is -1.66. The summed E-state index contributed by atoms with van der Waals surface area (Å²) < 4.78 is 34.0. The lowest BCUT2D eigenvalue weighted by atomic mass is 10.1. The van der Waals surface area contributed by atoms with Crippen LogP contribution in [0.5, 0.6) is 5.75 Å². The number of hydrogen-bond acceptors (Lipinski definition) is 5. The van der Waals surface area contributed by atoms with Gasteiger partial charge in [0.05, 0.1) is 13.2 Å². The Bertz CT molecular complexity index is 491. The molecule has 0 N–H and O–H groups in total. The minimum Gasteiger partial charge on any atom is -0.486 e. The van der Waals surface area contributed by atoms with Crippen molar-refractivity contribution in [3.05, 3.63) is 29.6 Å². The Kier molecular flexibility index (Phi) is 6.61. The maximum Gasteiger partial charge on any atom is 0.306 e. The van der Waals surface area contributed by atoms with Crippen LogP contribution in [0.4, 0.5) is 4.39 Å². The SMILES string of the molecule is COCCOCCCC(=O)OC[C@H]1Cc2cc(F)ccc2O1. The van der Waals surface area contributed by atoms with E-state index in [0.29, 0.717) is 44.8 Å². The van der Waals surface area contributed by atoms with Crippen LogP contribution in [-0.4, -0.2) is 45.6 Å². The number of rotatable bonds is 9. The van der Waals surface area contributed by atoms with Crippen molar-refractivity contribution >= 4 is 5.97 Å². The van der Waals surface area contributed by atoms with Crippen molar-refractivity contribution in [3.8, 4) is 5.75 Å². The van der Waals surface area contributed by atoms with Gasteiger partial charge in [-0.05, 0) is 24.6 Å². The van der Waals surface area contributed by atoms with Crippen molar-refractivity contribution in [1.29, 1.82) is 0 Å². The monoisotopic (exact) mass is 312 g/mol. The minimum atomic E-state index is -0.284. The Labute approximate surface area is 129 Å². The number of hydrogen-bond donors (Lipinski definition) is 0. The van der Waals surface area contributed by atoms with Gasteiger partial charge in [0.2, 0.25) is 0 Å². The normalized spacial score (nSPS) is 16.2. The van der Waals surface area contributed by atoms with E-state index in [4.69, 9.17) is 18.9 Å². The first-order valence-corrected chi connectivity index (χ1v) is 7.36. The van der Waals surface area contributed by atoms with Crippen LogP contribution in [0.15, 0.2) is 18.2 Å². The second-order valence-corrected chi connectivity index (χ2v) is 5.09. The molecule has 2 rings (SSSR count). The molecule has 122 valence electrons. The van der Waals surface area contributed by atoms with Crippen LogP contribution in [0.3, 0.4) is 0 Å². The summed E-state index contributed by atoms with van der Waals surface area (Å²) in [5.74, 6) is 0.100. The number of halogens is 1. The molecule has 0 fully saturated rings. The first-order chi connectivity index (χ1) is 10.7. The average molecular weight is 312 g/mol. The van der Waals surface area contributed by atoms with E-state index in [1.807, 2.05) is 0 Å². The van der Waals surface area contributed by atoms with E-state index >= 15 is 0 Å². The Balaban J connectivity index is 1.58. The number of carbonyl (C=O) groups excluding carboxylic acids is 1. The van der Waals surface area contributed by atoms with Crippen LogP contribution >= 0.6 is 0 Å². The van der Waals surface area contributed by atoms with Crippen molar-refractivity contribution in [2.75, 3.05) is 33.5 Å². The minimum absolute atomic E-state index is 0.180. The van der Waals surface area contributed by atoms with E-state index < -0.39 is 0 Å². The molecule has 0 spiro atoms. The maximum atomic E-state index is 13.1. The third-order valence-corrected chi connectivity index (χ3v) is 3.30. The van der Waals surface area contributed by atoms with Crippen LogP contribution in [0, 0.1) is 5.82 Å². The van der Waals surface area contributed by atoms with Crippen LogP contribution in [0.1, 0.15) is 18.4 Å². The smallest absolute Gasteiger partial charge is 0.306 e. The summed E-state index contributed by atoms with van der Waals surface area (Å²) in [6.45, 7) is 1.75. The molecule has 5 nitrogen and oxygen atoms in total. The molecule has 22 heavy (non-hydrogen) atoms. The summed E-state index contributed by atoms with van der Waals surface area (Å²) in [4.78, 5) is 11.6. The van der Waals surface area contributed by atoms with Gasteiger partial charge in [0.15, 0.2) is 0 Å². The van der Waals surface area contributed by atoms with Gasteiger partial charge in [-0.3, -0.25) is 4.79 Å². The van der Waals surface area contributed by atoms with E-state index in [0.717, 1.165) is 5.56 Å². The average Bonchev–Trinajstić information content (AvgIpc) is 2.90. The molecule has 0 unspecified atom stereocenters. The van der Waals surface area contributed by atoms with Crippen molar-refractivity contribution < 1.29 is 28.1 Å². The largest absolute Gasteiger partial charge is 0.486 e. The zero-order valence-electron chi connectivity index (χ0n) is 12.7. The quantitative estimate of drug-likeness (QED) is 0.516. The molecule has 1 aliphatic heterocycles. The zero-order valence-corrected chi connectivity index (χ0v) is 12.7. The number of carbonyl (C=O) groups is 1. The van der Waals surface area contributed by atoms with Gasteiger partial charge >= 0.3 is 5.97 Å². The molecule has 6 heteroatoms. The highest BCUT2D eigenvalue weighted by atomic mass is 19.1. The molecule has 1 heterocycles. The fourth-order valence-electron chi connectivity index (χ4n) is 2.20. The summed E-state index contributed by atoms with van der Waals surface area (Å²) in [6.07, 6.45) is 1.24. The predicted octanol–water partition coefficient (Wildman–Crippen LogP) is 2.12. The first-order valence-electron chi connectivity index (χ1n) is 7.36.